The predicted molar refractivity (Wildman–Crippen MR) is 78.2 cm³/mol. The third-order valence-electron chi connectivity index (χ3n) is 4.16. The number of carbonyl (C=O) groups is 2. The van der Waals surface area contributed by atoms with E-state index in [1.54, 1.807) is 0 Å². The van der Waals surface area contributed by atoms with E-state index < -0.39 is 5.97 Å². The summed E-state index contributed by atoms with van der Waals surface area (Å²) in [6.45, 7) is 6.60. The first-order valence-corrected chi connectivity index (χ1v) is 7.51. The number of amides is 1. The summed E-state index contributed by atoms with van der Waals surface area (Å²) in [4.78, 5) is 23.4. The number of aliphatic carboxylic acids is 1. The van der Waals surface area contributed by atoms with Crippen LogP contribution in [0.3, 0.4) is 0 Å². The van der Waals surface area contributed by atoms with Gasteiger partial charge in [0.15, 0.2) is 0 Å². The first-order chi connectivity index (χ1) is 9.93. The number of carboxylic acids is 1. The average Bonchev–Trinajstić information content (AvgIpc) is 2.96. The van der Waals surface area contributed by atoms with E-state index in [1.165, 1.54) is 0 Å². The quantitative estimate of drug-likeness (QED) is 0.868. The van der Waals surface area contributed by atoms with Gasteiger partial charge < -0.3 is 10.4 Å². The van der Waals surface area contributed by atoms with Gasteiger partial charge in [0.25, 0.3) is 5.91 Å². The van der Waals surface area contributed by atoms with E-state index in [1.807, 2.05) is 18.5 Å². The molecule has 116 valence electrons. The number of nitrogens with zero attached hydrogens (tertiary/aromatic N) is 2. The second kappa shape index (κ2) is 6.28. The Kier molecular flexibility index (Phi) is 4.65. The van der Waals surface area contributed by atoms with E-state index in [4.69, 9.17) is 5.11 Å². The third-order valence-corrected chi connectivity index (χ3v) is 4.16. The normalized spacial score (nSPS) is 21.5. The van der Waals surface area contributed by atoms with E-state index in [0.717, 1.165) is 30.8 Å². The average molecular weight is 293 g/mol. The molecule has 0 spiro atoms. The van der Waals surface area contributed by atoms with Gasteiger partial charge in [-0.25, -0.2) is 0 Å². The highest BCUT2D eigenvalue weighted by atomic mass is 16.4. The van der Waals surface area contributed by atoms with Gasteiger partial charge >= 0.3 is 5.97 Å². The molecule has 1 aliphatic rings. The molecule has 2 atom stereocenters. The summed E-state index contributed by atoms with van der Waals surface area (Å²) in [6, 6.07) is -0.0491. The van der Waals surface area contributed by atoms with Gasteiger partial charge in [-0.15, -0.1) is 0 Å². The van der Waals surface area contributed by atoms with Crippen LogP contribution < -0.4 is 5.32 Å². The number of hydrogen-bond donors (Lipinski definition) is 2. The van der Waals surface area contributed by atoms with Crippen LogP contribution >= 0.6 is 0 Å². The molecular formula is C15H23N3O3. The van der Waals surface area contributed by atoms with Crippen LogP contribution in [0.2, 0.25) is 0 Å². The monoisotopic (exact) mass is 293 g/mol. The topological polar surface area (TPSA) is 84.2 Å². The van der Waals surface area contributed by atoms with Crippen molar-refractivity contribution in [2.45, 2.75) is 59.0 Å². The predicted octanol–water partition coefficient (Wildman–Crippen LogP) is 1.89. The van der Waals surface area contributed by atoms with Gasteiger partial charge in [0.1, 0.15) is 0 Å². The summed E-state index contributed by atoms with van der Waals surface area (Å²) in [7, 11) is 0. The summed E-state index contributed by atoms with van der Waals surface area (Å²) in [5.41, 5.74) is 2.23. The third kappa shape index (κ3) is 3.25. The van der Waals surface area contributed by atoms with Gasteiger partial charge in [-0.3, -0.25) is 14.3 Å². The Bertz CT molecular complexity index is 551. The zero-order valence-electron chi connectivity index (χ0n) is 12.8. The van der Waals surface area contributed by atoms with Crippen molar-refractivity contribution in [3.63, 3.8) is 0 Å². The minimum absolute atomic E-state index is 0.0491. The molecule has 6 heteroatoms. The van der Waals surface area contributed by atoms with Crippen molar-refractivity contribution in [3.05, 3.63) is 17.0 Å². The van der Waals surface area contributed by atoms with Crippen molar-refractivity contribution in [3.8, 4) is 0 Å². The molecule has 2 N–H and O–H groups in total. The molecule has 21 heavy (non-hydrogen) atoms. The van der Waals surface area contributed by atoms with Crippen LogP contribution in [0.25, 0.3) is 0 Å². The maximum absolute atomic E-state index is 12.4. The maximum Gasteiger partial charge on any atom is 0.306 e. The van der Waals surface area contributed by atoms with E-state index >= 15 is 0 Å². The fourth-order valence-corrected chi connectivity index (χ4v) is 3.05. The first kappa shape index (κ1) is 15.5. The van der Waals surface area contributed by atoms with Crippen LogP contribution in [0.5, 0.6) is 0 Å². The fraction of sp³-hybridized carbons (Fsp3) is 0.667. The lowest BCUT2D eigenvalue weighted by atomic mass is 10.1. The molecule has 0 aromatic carbocycles. The fourth-order valence-electron chi connectivity index (χ4n) is 3.05. The lowest BCUT2D eigenvalue weighted by Crippen LogP contribution is -2.34. The van der Waals surface area contributed by atoms with Crippen LogP contribution in [0.4, 0.5) is 0 Å². The molecular weight excluding hydrogens is 270 g/mol. The van der Waals surface area contributed by atoms with E-state index in [9.17, 15) is 9.59 Å². The number of nitrogens with one attached hydrogen (secondary N) is 1. The van der Waals surface area contributed by atoms with Crippen LogP contribution in [0.15, 0.2) is 0 Å². The molecule has 1 saturated carbocycles. The SMILES string of the molecule is CCCn1nc(C)c(C(=O)N[C@H]2CC[C@@H](C(=O)O)C2)c1C. The highest BCUT2D eigenvalue weighted by Gasteiger charge is 2.31. The molecule has 0 bridgehead atoms. The molecule has 1 fully saturated rings. The lowest BCUT2D eigenvalue weighted by Gasteiger charge is -2.12. The Labute approximate surface area is 124 Å². The maximum atomic E-state index is 12.4. The van der Waals surface area contributed by atoms with Gasteiger partial charge in [-0.05, 0) is 39.5 Å². The minimum Gasteiger partial charge on any atom is -0.481 e. The van der Waals surface area contributed by atoms with E-state index in [2.05, 4.69) is 17.3 Å². The Hall–Kier alpha value is -1.85. The smallest absolute Gasteiger partial charge is 0.306 e. The van der Waals surface area contributed by atoms with E-state index in [0.29, 0.717) is 18.4 Å². The number of hydrogen-bond acceptors (Lipinski definition) is 3. The first-order valence-electron chi connectivity index (χ1n) is 7.51. The number of carbonyl (C=O) groups excluding carboxylic acids is 1. The van der Waals surface area contributed by atoms with Gasteiger partial charge in [-0.1, -0.05) is 6.92 Å². The lowest BCUT2D eigenvalue weighted by molar-refractivity contribution is -0.141. The highest BCUT2D eigenvalue weighted by Crippen LogP contribution is 2.26. The van der Waals surface area contributed by atoms with E-state index in [-0.39, 0.29) is 17.9 Å². The Balaban J connectivity index is 2.06. The van der Waals surface area contributed by atoms with Crippen molar-refractivity contribution in [2.75, 3.05) is 0 Å². The Morgan fingerprint density at radius 1 is 1.38 bits per heavy atom. The largest absolute Gasteiger partial charge is 0.481 e. The second-order valence-corrected chi connectivity index (χ2v) is 5.79. The Morgan fingerprint density at radius 3 is 2.67 bits per heavy atom. The van der Waals surface area contributed by atoms with Gasteiger partial charge in [0.2, 0.25) is 0 Å². The highest BCUT2D eigenvalue weighted by molar-refractivity contribution is 5.96. The van der Waals surface area contributed by atoms with Crippen molar-refractivity contribution in [2.24, 2.45) is 5.92 Å². The van der Waals surface area contributed by atoms with Crippen LogP contribution in [-0.2, 0) is 11.3 Å². The number of rotatable bonds is 5. The zero-order chi connectivity index (χ0) is 15.6. The van der Waals surface area contributed by atoms with Crippen molar-refractivity contribution in [1.82, 2.24) is 15.1 Å². The van der Waals surface area contributed by atoms with Crippen molar-refractivity contribution < 1.29 is 14.7 Å². The zero-order valence-corrected chi connectivity index (χ0v) is 12.8. The van der Waals surface area contributed by atoms with Gasteiger partial charge in [0.05, 0.1) is 17.2 Å². The molecule has 0 aliphatic heterocycles. The van der Waals surface area contributed by atoms with Crippen LogP contribution in [0.1, 0.15) is 54.4 Å². The molecule has 0 saturated heterocycles. The molecule has 0 radical (unpaired) electrons. The summed E-state index contributed by atoms with van der Waals surface area (Å²) in [5, 5.41) is 16.4. The minimum atomic E-state index is -0.769. The Morgan fingerprint density at radius 2 is 2.10 bits per heavy atom. The summed E-state index contributed by atoms with van der Waals surface area (Å²) < 4.78 is 1.86. The molecule has 1 amide bonds. The summed E-state index contributed by atoms with van der Waals surface area (Å²) >= 11 is 0. The van der Waals surface area contributed by atoms with Gasteiger partial charge in [0, 0.05) is 18.3 Å². The van der Waals surface area contributed by atoms with Crippen molar-refractivity contribution >= 4 is 11.9 Å². The molecule has 1 aromatic rings. The van der Waals surface area contributed by atoms with Crippen LogP contribution in [-0.4, -0.2) is 32.8 Å². The number of carboxylic acid groups (broad SMARTS) is 1. The molecule has 0 unspecified atom stereocenters. The summed E-state index contributed by atoms with van der Waals surface area (Å²) in [6.07, 6.45) is 2.84. The molecule has 2 rings (SSSR count). The second-order valence-electron chi connectivity index (χ2n) is 5.79. The molecule has 6 nitrogen and oxygen atoms in total. The standard InChI is InChI=1S/C15H23N3O3/c1-4-7-18-10(3)13(9(2)17-18)14(19)16-12-6-5-11(8-12)15(20)21/h11-12H,4-8H2,1-3H3,(H,16,19)(H,20,21)/t11-,12+/m1/s1. The molecule has 1 heterocycles. The molecule has 1 aliphatic carbocycles. The van der Waals surface area contributed by atoms with Crippen molar-refractivity contribution in [1.29, 1.82) is 0 Å². The number of aryl methyl sites for hydroxylation is 2. The number of aromatic nitrogens is 2. The van der Waals surface area contributed by atoms with Crippen LogP contribution in [0, 0.1) is 19.8 Å². The summed E-state index contributed by atoms with van der Waals surface area (Å²) in [5.74, 6) is -1.24. The van der Waals surface area contributed by atoms with Gasteiger partial charge in [-0.2, -0.15) is 5.10 Å². The molecule has 1 aromatic heterocycles.